The second kappa shape index (κ2) is 12.8. The van der Waals surface area contributed by atoms with Crippen LogP contribution < -0.4 is 0 Å². The van der Waals surface area contributed by atoms with Gasteiger partial charge in [-0.15, -0.1) is 0 Å². The van der Waals surface area contributed by atoms with Gasteiger partial charge in [0, 0.05) is 26.2 Å². The molecule has 0 radical (unpaired) electrons. The largest absolute Gasteiger partial charge is 0.362 e. The molecule has 0 aliphatic heterocycles. The molecule has 4 amide bonds. The molecule has 0 aromatic heterocycles. The molecule has 4 aromatic carbocycles. The summed E-state index contributed by atoms with van der Waals surface area (Å²) in [6.07, 6.45) is 0. The van der Waals surface area contributed by atoms with Crippen molar-refractivity contribution in [3.05, 3.63) is 144 Å². The summed E-state index contributed by atoms with van der Waals surface area (Å²) in [4.78, 5) is 29.3. The van der Waals surface area contributed by atoms with E-state index in [0.717, 1.165) is 22.3 Å². The number of carbonyl (C=O) groups excluding carboxylic acids is 2. The van der Waals surface area contributed by atoms with E-state index in [1.807, 2.05) is 121 Å². The molecule has 0 fully saturated rings. The molecular formula is C30H28N4O2. The minimum Gasteiger partial charge on any atom is -0.313 e. The topological polar surface area (TPSA) is 65.3 Å². The molecule has 0 bridgehead atoms. The van der Waals surface area contributed by atoms with E-state index in [0.29, 0.717) is 26.2 Å². The van der Waals surface area contributed by atoms with E-state index in [-0.39, 0.29) is 0 Å². The lowest BCUT2D eigenvalue weighted by atomic mass is 10.2. The highest BCUT2D eigenvalue weighted by molar-refractivity contribution is 5.79. The molecular weight excluding hydrogens is 448 g/mol. The highest BCUT2D eigenvalue weighted by Gasteiger charge is 2.18. The van der Waals surface area contributed by atoms with Crippen LogP contribution in [0.4, 0.5) is 9.59 Å². The van der Waals surface area contributed by atoms with Gasteiger partial charge in [0.05, 0.1) is 0 Å². The Kier molecular flexibility index (Phi) is 8.70. The summed E-state index contributed by atoms with van der Waals surface area (Å²) in [7, 11) is 0. The molecule has 0 atom stereocenters. The van der Waals surface area contributed by atoms with Crippen molar-refractivity contribution in [2.45, 2.75) is 26.2 Å². The van der Waals surface area contributed by atoms with Gasteiger partial charge in [-0.05, 0) is 22.3 Å². The lowest BCUT2D eigenvalue weighted by molar-refractivity contribution is 0.192. The Balaban J connectivity index is 1.51. The maximum atomic E-state index is 13.1. The van der Waals surface area contributed by atoms with Crippen molar-refractivity contribution in [1.29, 1.82) is 0 Å². The third-order valence-electron chi connectivity index (χ3n) is 5.63. The van der Waals surface area contributed by atoms with Gasteiger partial charge in [0.1, 0.15) is 0 Å². The molecule has 0 aliphatic rings. The van der Waals surface area contributed by atoms with E-state index < -0.39 is 12.1 Å². The molecule has 0 saturated carbocycles. The monoisotopic (exact) mass is 476 g/mol. The fraction of sp³-hybridized carbons (Fsp3) is 0.133. The zero-order chi connectivity index (χ0) is 25.0. The molecule has 4 aromatic rings. The Morgan fingerprint density at radius 3 is 0.861 bits per heavy atom. The highest BCUT2D eigenvalue weighted by atomic mass is 16.2. The van der Waals surface area contributed by atoms with Gasteiger partial charge in [-0.3, -0.25) is 0 Å². The van der Waals surface area contributed by atoms with Gasteiger partial charge in [-0.2, -0.15) is 0 Å². The first kappa shape index (κ1) is 24.5. The average molecular weight is 477 g/mol. The van der Waals surface area contributed by atoms with Crippen LogP contribution in [0.2, 0.25) is 0 Å². The summed E-state index contributed by atoms with van der Waals surface area (Å²) in [5.41, 5.74) is 3.88. The fourth-order valence-corrected chi connectivity index (χ4v) is 3.81. The van der Waals surface area contributed by atoms with Gasteiger partial charge in [0.15, 0.2) is 0 Å². The first-order valence-electron chi connectivity index (χ1n) is 11.8. The lowest BCUT2D eigenvalue weighted by Crippen LogP contribution is -2.29. The van der Waals surface area contributed by atoms with Gasteiger partial charge < -0.3 is 9.80 Å². The first-order valence-corrected chi connectivity index (χ1v) is 11.8. The molecule has 0 heterocycles. The summed E-state index contributed by atoms with van der Waals surface area (Å²) in [5, 5.41) is 7.68. The predicted molar refractivity (Wildman–Crippen MR) is 140 cm³/mol. The number of hydrogen-bond donors (Lipinski definition) is 0. The Bertz CT molecular complexity index is 1080. The Morgan fingerprint density at radius 1 is 0.417 bits per heavy atom. The van der Waals surface area contributed by atoms with Gasteiger partial charge >= 0.3 is 12.1 Å². The van der Waals surface area contributed by atoms with Crippen LogP contribution in [0.1, 0.15) is 22.3 Å². The minimum absolute atomic E-state index is 0.361. The molecule has 0 N–H and O–H groups in total. The number of rotatable bonds is 8. The molecule has 0 aliphatic carbocycles. The Labute approximate surface area is 211 Å². The van der Waals surface area contributed by atoms with E-state index in [9.17, 15) is 9.59 Å². The molecule has 0 spiro atoms. The maximum absolute atomic E-state index is 13.1. The second-order valence-corrected chi connectivity index (χ2v) is 8.42. The standard InChI is InChI=1S/C30H28N4O2/c35-29(33(21-25-13-5-1-6-14-25)22-26-15-7-2-8-16-26)31-32-30(36)34(23-27-17-9-3-10-18-27)24-28-19-11-4-12-20-28/h1-20H,21-24H2/b32-31-. The van der Waals surface area contributed by atoms with Crippen molar-refractivity contribution in [2.75, 3.05) is 0 Å². The van der Waals surface area contributed by atoms with Crippen molar-refractivity contribution >= 4 is 12.1 Å². The molecule has 0 saturated heterocycles. The predicted octanol–water partition coefficient (Wildman–Crippen LogP) is 7.08. The SMILES string of the molecule is O=C(/N=N\C(=O)N(Cc1ccccc1)Cc1ccccc1)N(Cc1ccccc1)Cc1ccccc1. The van der Waals surface area contributed by atoms with E-state index in [4.69, 9.17) is 0 Å². The fourth-order valence-electron chi connectivity index (χ4n) is 3.81. The van der Waals surface area contributed by atoms with Crippen LogP contribution in [0.25, 0.3) is 0 Å². The third kappa shape index (κ3) is 7.46. The summed E-state index contributed by atoms with van der Waals surface area (Å²) in [6, 6.07) is 37.6. The molecule has 0 unspecified atom stereocenters. The normalized spacial score (nSPS) is 10.8. The minimum atomic E-state index is -0.560. The highest BCUT2D eigenvalue weighted by Crippen LogP contribution is 2.14. The van der Waals surface area contributed by atoms with E-state index in [2.05, 4.69) is 10.2 Å². The zero-order valence-corrected chi connectivity index (χ0v) is 20.0. The lowest BCUT2D eigenvalue weighted by Gasteiger charge is -2.21. The second-order valence-electron chi connectivity index (χ2n) is 8.42. The Morgan fingerprint density at radius 2 is 0.639 bits per heavy atom. The van der Waals surface area contributed by atoms with Crippen molar-refractivity contribution < 1.29 is 9.59 Å². The summed E-state index contributed by atoms with van der Waals surface area (Å²) in [5.74, 6) is 0. The number of nitrogens with zero attached hydrogens (tertiary/aromatic N) is 4. The number of amides is 4. The van der Waals surface area contributed by atoms with Gasteiger partial charge in [0.25, 0.3) is 0 Å². The smallest absolute Gasteiger partial charge is 0.313 e. The molecule has 4 rings (SSSR count). The van der Waals surface area contributed by atoms with Crippen LogP contribution in [0.3, 0.4) is 0 Å². The number of hydrogen-bond acceptors (Lipinski definition) is 2. The van der Waals surface area contributed by atoms with Gasteiger partial charge in [0.2, 0.25) is 0 Å². The first-order chi connectivity index (χ1) is 17.7. The van der Waals surface area contributed by atoms with Crippen LogP contribution in [-0.4, -0.2) is 21.9 Å². The van der Waals surface area contributed by atoms with E-state index >= 15 is 0 Å². The van der Waals surface area contributed by atoms with E-state index in [1.165, 1.54) is 0 Å². The maximum Gasteiger partial charge on any atom is 0.362 e. The van der Waals surface area contributed by atoms with Crippen LogP contribution in [-0.2, 0) is 26.2 Å². The van der Waals surface area contributed by atoms with Crippen LogP contribution >= 0.6 is 0 Å². The van der Waals surface area contributed by atoms with Crippen LogP contribution in [0, 0.1) is 0 Å². The summed E-state index contributed by atoms with van der Waals surface area (Å²) >= 11 is 0. The zero-order valence-electron chi connectivity index (χ0n) is 20.0. The van der Waals surface area contributed by atoms with E-state index in [1.54, 1.807) is 9.80 Å². The number of benzene rings is 4. The average Bonchev–Trinajstić information content (AvgIpc) is 2.93. The van der Waals surface area contributed by atoms with Crippen LogP contribution in [0.5, 0.6) is 0 Å². The van der Waals surface area contributed by atoms with Crippen molar-refractivity contribution in [3.8, 4) is 0 Å². The number of carbonyl (C=O) groups is 2. The molecule has 180 valence electrons. The van der Waals surface area contributed by atoms with Crippen molar-refractivity contribution in [2.24, 2.45) is 10.2 Å². The van der Waals surface area contributed by atoms with Gasteiger partial charge in [-0.25, -0.2) is 9.59 Å². The number of azo groups is 1. The quantitative estimate of drug-likeness (QED) is 0.255. The van der Waals surface area contributed by atoms with Crippen molar-refractivity contribution in [3.63, 3.8) is 0 Å². The Hall–Kier alpha value is -4.58. The molecule has 6 nitrogen and oxygen atoms in total. The van der Waals surface area contributed by atoms with Crippen molar-refractivity contribution in [1.82, 2.24) is 9.80 Å². The summed E-state index contributed by atoms with van der Waals surface area (Å²) in [6.45, 7) is 1.44. The molecule has 6 heteroatoms. The third-order valence-corrected chi connectivity index (χ3v) is 5.63. The number of urea groups is 2. The van der Waals surface area contributed by atoms with Crippen LogP contribution in [0.15, 0.2) is 132 Å². The van der Waals surface area contributed by atoms with Gasteiger partial charge in [-0.1, -0.05) is 132 Å². The summed E-state index contributed by atoms with van der Waals surface area (Å²) < 4.78 is 0. The molecule has 36 heavy (non-hydrogen) atoms.